The van der Waals surface area contributed by atoms with Crippen molar-refractivity contribution in [3.8, 4) is 17.2 Å². The van der Waals surface area contributed by atoms with E-state index in [0.717, 1.165) is 22.7 Å². The Hall–Kier alpha value is -4.00. The average Bonchev–Trinajstić information content (AvgIpc) is 3.25. The summed E-state index contributed by atoms with van der Waals surface area (Å²) in [5, 5.41) is 2.94. The molecule has 1 N–H and O–H groups in total. The van der Waals surface area contributed by atoms with Crippen molar-refractivity contribution in [1.29, 1.82) is 0 Å². The van der Waals surface area contributed by atoms with Gasteiger partial charge in [-0.2, -0.15) is 0 Å². The lowest BCUT2D eigenvalue weighted by Crippen LogP contribution is -2.13. The summed E-state index contributed by atoms with van der Waals surface area (Å²) in [7, 11) is 1.58. The number of hydrogen-bond acceptors (Lipinski definition) is 5. The Balaban J connectivity index is 1.39. The molecule has 2 aromatic carbocycles. The van der Waals surface area contributed by atoms with Gasteiger partial charge in [-0.15, -0.1) is 0 Å². The molecule has 0 atom stereocenters. The van der Waals surface area contributed by atoms with Crippen LogP contribution in [-0.2, 0) is 17.8 Å². The summed E-state index contributed by atoms with van der Waals surface area (Å²) in [6, 6.07) is 19.0. The van der Waals surface area contributed by atoms with Crippen molar-refractivity contribution in [2.45, 2.75) is 26.4 Å². The molecule has 4 rings (SSSR count). The molecule has 0 aliphatic heterocycles. The summed E-state index contributed by atoms with van der Waals surface area (Å²) in [5.41, 5.74) is 3.31. The maximum Gasteiger partial charge on any atom is 0.224 e. The molecule has 2 aromatic heterocycles. The third-order valence-electron chi connectivity index (χ3n) is 5.13. The molecule has 0 bridgehead atoms. The summed E-state index contributed by atoms with van der Waals surface area (Å²) < 4.78 is 19.0. The minimum Gasteiger partial charge on any atom is -0.494 e. The number of imidazole rings is 1. The second-order valence-electron chi connectivity index (χ2n) is 7.44. The largest absolute Gasteiger partial charge is 0.494 e. The number of rotatable bonds is 10. The fourth-order valence-electron chi connectivity index (χ4n) is 3.55. The molecule has 2 heterocycles. The maximum atomic E-state index is 12.6. The van der Waals surface area contributed by atoms with Crippen LogP contribution >= 0.6 is 0 Å². The molecule has 0 fully saturated rings. The highest BCUT2D eigenvalue weighted by Gasteiger charge is 2.11. The Bertz CT molecular complexity index is 1200. The highest BCUT2D eigenvalue weighted by molar-refractivity contribution is 5.91. The van der Waals surface area contributed by atoms with Gasteiger partial charge in [0, 0.05) is 30.6 Å². The van der Waals surface area contributed by atoms with Gasteiger partial charge in [-0.1, -0.05) is 24.3 Å². The summed E-state index contributed by atoms with van der Waals surface area (Å²) in [5.74, 6) is 1.86. The predicted octanol–water partition coefficient (Wildman–Crippen LogP) is 4.89. The van der Waals surface area contributed by atoms with Gasteiger partial charge in [-0.25, -0.2) is 4.98 Å². The fraction of sp³-hybridized carbons (Fsp3) is 0.231. The normalized spacial score (nSPS) is 10.7. The van der Waals surface area contributed by atoms with Crippen LogP contribution in [0.1, 0.15) is 24.6 Å². The number of pyridine rings is 1. The number of para-hydroxylation sites is 1. The van der Waals surface area contributed by atoms with Crippen LogP contribution in [0, 0.1) is 0 Å². The van der Waals surface area contributed by atoms with Gasteiger partial charge in [0.05, 0.1) is 19.4 Å². The van der Waals surface area contributed by atoms with Gasteiger partial charge in [-0.05, 0) is 49.2 Å². The summed E-state index contributed by atoms with van der Waals surface area (Å²) in [4.78, 5) is 17.1. The molecule has 1 amide bonds. The van der Waals surface area contributed by atoms with Crippen LogP contribution in [0.4, 0.5) is 5.69 Å². The van der Waals surface area contributed by atoms with Gasteiger partial charge in [0.25, 0.3) is 0 Å². The van der Waals surface area contributed by atoms with E-state index in [0.29, 0.717) is 36.6 Å². The Kier molecular flexibility index (Phi) is 7.09. The molecule has 4 aromatic rings. The van der Waals surface area contributed by atoms with Gasteiger partial charge < -0.3 is 23.9 Å². The molecule has 0 radical (unpaired) electrons. The number of amides is 1. The number of fused-ring (bicyclic) bond motifs is 1. The summed E-state index contributed by atoms with van der Waals surface area (Å²) in [6.07, 6.45) is 4.80. The minimum absolute atomic E-state index is 0.0854. The van der Waals surface area contributed by atoms with E-state index in [2.05, 4.69) is 10.3 Å². The number of methoxy groups -OCH3 is 1. The van der Waals surface area contributed by atoms with Crippen molar-refractivity contribution in [3.63, 3.8) is 0 Å². The number of carbonyl (C=O) groups excluding carboxylic acids is 1. The van der Waals surface area contributed by atoms with E-state index >= 15 is 0 Å². The van der Waals surface area contributed by atoms with E-state index in [1.807, 2.05) is 66.2 Å². The van der Waals surface area contributed by atoms with Crippen molar-refractivity contribution in [1.82, 2.24) is 9.38 Å². The molecule has 0 aliphatic carbocycles. The van der Waals surface area contributed by atoms with Crippen LogP contribution in [0.2, 0.25) is 0 Å². The molecule has 0 spiro atoms. The molecule has 7 heteroatoms. The Morgan fingerprint density at radius 1 is 1.00 bits per heavy atom. The van der Waals surface area contributed by atoms with Gasteiger partial charge >= 0.3 is 0 Å². The van der Waals surface area contributed by atoms with Crippen molar-refractivity contribution in [2.75, 3.05) is 19.0 Å². The third-order valence-corrected chi connectivity index (χ3v) is 5.13. The highest BCUT2D eigenvalue weighted by Crippen LogP contribution is 2.31. The second-order valence-corrected chi connectivity index (χ2v) is 7.44. The lowest BCUT2D eigenvalue weighted by atomic mass is 10.1. The number of aromatic nitrogens is 2. The molecule has 0 saturated heterocycles. The molecule has 7 nitrogen and oxygen atoms in total. The summed E-state index contributed by atoms with van der Waals surface area (Å²) >= 11 is 0. The number of ether oxygens (including phenoxy) is 3. The Morgan fingerprint density at radius 3 is 2.67 bits per heavy atom. The first kappa shape index (κ1) is 22.2. The lowest BCUT2D eigenvalue weighted by molar-refractivity contribution is -0.116. The molecule has 0 saturated carbocycles. The zero-order valence-electron chi connectivity index (χ0n) is 18.8. The van der Waals surface area contributed by atoms with Gasteiger partial charge in [-0.3, -0.25) is 4.79 Å². The average molecular weight is 446 g/mol. The van der Waals surface area contributed by atoms with E-state index in [4.69, 9.17) is 14.2 Å². The molecule has 0 unspecified atom stereocenters. The van der Waals surface area contributed by atoms with Crippen LogP contribution in [0.3, 0.4) is 0 Å². The topological polar surface area (TPSA) is 74.1 Å². The number of nitrogens with zero attached hydrogens (tertiary/aromatic N) is 2. The van der Waals surface area contributed by atoms with Gasteiger partial charge in [0.15, 0.2) is 11.5 Å². The molecular formula is C26H27N3O4. The first-order chi connectivity index (χ1) is 16.2. The van der Waals surface area contributed by atoms with Gasteiger partial charge in [0.1, 0.15) is 18.0 Å². The second kappa shape index (κ2) is 10.5. The van der Waals surface area contributed by atoms with E-state index in [1.165, 1.54) is 0 Å². The number of anilines is 1. The van der Waals surface area contributed by atoms with Gasteiger partial charge in [0.2, 0.25) is 5.91 Å². The van der Waals surface area contributed by atoms with E-state index in [-0.39, 0.29) is 12.5 Å². The Labute approximate surface area is 192 Å². The minimum atomic E-state index is -0.0854. The smallest absolute Gasteiger partial charge is 0.224 e. The van der Waals surface area contributed by atoms with Crippen LogP contribution in [-0.4, -0.2) is 29.0 Å². The predicted molar refractivity (Wildman–Crippen MR) is 127 cm³/mol. The third kappa shape index (κ3) is 5.63. The molecular weight excluding hydrogens is 418 g/mol. The summed E-state index contributed by atoms with van der Waals surface area (Å²) in [6.45, 7) is 2.82. The van der Waals surface area contributed by atoms with E-state index in [9.17, 15) is 4.79 Å². The lowest BCUT2D eigenvalue weighted by Gasteiger charge is -2.13. The van der Waals surface area contributed by atoms with Crippen molar-refractivity contribution < 1.29 is 19.0 Å². The van der Waals surface area contributed by atoms with E-state index < -0.39 is 0 Å². The first-order valence-electron chi connectivity index (χ1n) is 10.9. The number of benzene rings is 2. The van der Waals surface area contributed by atoms with Crippen molar-refractivity contribution >= 4 is 17.2 Å². The number of aryl methyl sites for hydroxylation is 1. The number of carbonyl (C=O) groups is 1. The SMILES string of the molecule is CCOc1ccccc1CCC(=O)Nc1ccc(OC)c(OCc2cn3ccccc3n2)c1. The van der Waals surface area contributed by atoms with Crippen LogP contribution < -0.4 is 19.5 Å². The number of nitrogens with one attached hydrogen (secondary N) is 1. The zero-order valence-corrected chi connectivity index (χ0v) is 18.8. The number of hydrogen-bond donors (Lipinski definition) is 1. The molecule has 0 aliphatic rings. The van der Waals surface area contributed by atoms with Crippen molar-refractivity contribution in [3.05, 3.63) is 84.3 Å². The molecule has 33 heavy (non-hydrogen) atoms. The highest BCUT2D eigenvalue weighted by atomic mass is 16.5. The van der Waals surface area contributed by atoms with Crippen molar-refractivity contribution in [2.24, 2.45) is 0 Å². The maximum absolute atomic E-state index is 12.6. The van der Waals surface area contributed by atoms with Crippen LogP contribution in [0.25, 0.3) is 5.65 Å². The van der Waals surface area contributed by atoms with Crippen LogP contribution in [0.5, 0.6) is 17.2 Å². The standard InChI is InChI=1S/C26H27N3O4/c1-3-32-22-9-5-4-8-19(22)11-14-26(30)28-20-12-13-23(31-2)24(16-20)33-18-21-17-29-15-7-6-10-25(29)27-21/h4-10,12-13,15-17H,3,11,14,18H2,1-2H3,(H,28,30). The molecule has 170 valence electrons. The van der Waals surface area contributed by atoms with E-state index in [1.54, 1.807) is 25.3 Å². The quantitative estimate of drug-likeness (QED) is 0.376. The first-order valence-corrected chi connectivity index (χ1v) is 10.9. The fourth-order valence-corrected chi connectivity index (χ4v) is 3.55. The Morgan fingerprint density at radius 2 is 1.85 bits per heavy atom. The zero-order chi connectivity index (χ0) is 23.0. The monoisotopic (exact) mass is 445 g/mol. The van der Waals surface area contributed by atoms with Crippen LogP contribution in [0.15, 0.2) is 73.1 Å².